The molecule has 0 saturated heterocycles. The number of alkyl halides is 3. The van der Waals surface area contributed by atoms with E-state index in [0.717, 1.165) is 12.1 Å². The minimum Gasteiger partial charge on any atom is -0.489 e. The van der Waals surface area contributed by atoms with E-state index >= 15 is 0 Å². The second-order valence-corrected chi connectivity index (χ2v) is 4.91. The second kappa shape index (κ2) is 5.36. The molecule has 114 valence electrons. The molecular formula is C16H12F3NO2. The predicted octanol–water partition coefficient (Wildman–Crippen LogP) is 4.04. The van der Waals surface area contributed by atoms with Crippen molar-refractivity contribution in [2.45, 2.75) is 12.8 Å². The van der Waals surface area contributed by atoms with Crippen molar-refractivity contribution in [3.63, 3.8) is 0 Å². The molecule has 0 spiro atoms. The quantitative estimate of drug-likeness (QED) is 0.929. The number of nitrogens with one attached hydrogen (secondary N) is 1. The van der Waals surface area contributed by atoms with Crippen molar-refractivity contribution in [2.24, 2.45) is 0 Å². The maximum Gasteiger partial charge on any atom is 0.416 e. The highest BCUT2D eigenvalue weighted by atomic mass is 19.4. The summed E-state index contributed by atoms with van der Waals surface area (Å²) in [7, 11) is 0. The van der Waals surface area contributed by atoms with Gasteiger partial charge in [0, 0.05) is 5.56 Å². The first-order chi connectivity index (χ1) is 10.4. The van der Waals surface area contributed by atoms with Gasteiger partial charge in [-0.3, -0.25) is 0 Å². The first kappa shape index (κ1) is 14.4. The van der Waals surface area contributed by atoms with E-state index in [0.29, 0.717) is 28.3 Å². The number of benzene rings is 2. The maximum absolute atomic E-state index is 12.6. The van der Waals surface area contributed by atoms with Gasteiger partial charge in [0.05, 0.1) is 11.3 Å². The van der Waals surface area contributed by atoms with Gasteiger partial charge >= 0.3 is 6.18 Å². The van der Waals surface area contributed by atoms with Crippen LogP contribution in [0.3, 0.4) is 0 Å². The normalized spacial score (nSPS) is 13.7. The van der Waals surface area contributed by atoms with E-state index in [1.807, 2.05) is 0 Å². The third kappa shape index (κ3) is 2.90. The molecule has 0 aromatic heterocycles. The SMILES string of the molecule is N=C1COc2ccc(OCc3cccc(C(F)(F)F)c3)cc21. The van der Waals surface area contributed by atoms with Crippen molar-refractivity contribution in [2.75, 3.05) is 6.61 Å². The van der Waals surface area contributed by atoms with Crippen molar-refractivity contribution in [1.82, 2.24) is 0 Å². The molecule has 0 fully saturated rings. The van der Waals surface area contributed by atoms with Crippen LogP contribution in [0.1, 0.15) is 16.7 Å². The summed E-state index contributed by atoms with van der Waals surface area (Å²) in [5.74, 6) is 1.11. The molecule has 3 rings (SSSR count). The van der Waals surface area contributed by atoms with Crippen LogP contribution in [0.5, 0.6) is 11.5 Å². The van der Waals surface area contributed by atoms with E-state index in [-0.39, 0.29) is 13.2 Å². The van der Waals surface area contributed by atoms with Crippen LogP contribution in [0.15, 0.2) is 42.5 Å². The minimum absolute atomic E-state index is 0.0247. The van der Waals surface area contributed by atoms with Gasteiger partial charge in [-0.2, -0.15) is 13.2 Å². The fourth-order valence-corrected chi connectivity index (χ4v) is 2.19. The van der Waals surface area contributed by atoms with E-state index in [9.17, 15) is 13.2 Å². The molecule has 2 aromatic carbocycles. The van der Waals surface area contributed by atoms with Crippen molar-refractivity contribution < 1.29 is 22.6 Å². The van der Waals surface area contributed by atoms with Gasteiger partial charge in [0.1, 0.15) is 24.7 Å². The zero-order chi connectivity index (χ0) is 15.7. The third-order valence-electron chi connectivity index (χ3n) is 3.31. The van der Waals surface area contributed by atoms with Crippen molar-refractivity contribution in [3.05, 3.63) is 59.2 Å². The van der Waals surface area contributed by atoms with Gasteiger partial charge in [0.25, 0.3) is 0 Å². The van der Waals surface area contributed by atoms with Gasteiger partial charge < -0.3 is 14.9 Å². The topological polar surface area (TPSA) is 42.3 Å². The zero-order valence-electron chi connectivity index (χ0n) is 11.4. The van der Waals surface area contributed by atoms with E-state index < -0.39 is 11.7 Å². The van der Waals surface area contributed by atoms with Gasteiger partial charge in [-0.15, -0.1) is 0 Å². The molecule has 1 aliphatic rings. The van der Waals surface area contributed by atoms with Gasteiger partial charge in [-0.1, -0.05) is 12.1 Å². The predicted molar refractivity (Wildman–Crippen MR) is 74.5 cm³/mol. The summed E-state index contributed by atoms with van der Waals surface area (Å²) >= 11 is 0. The van der Waals surface area contributed by atoms with Crippen molar-refractivity contribution >= 4 is 5.71 Å². The molecule has 6 heteroatoms. The smallest absolute Gasteiger partial charge is 0.416 e. The van der Waals surface area contributed by atoms with Gasteiger partial charge in [0.2, 0.25) is 0 Å². The zero-order valence-corrected chi connectivity index (χ0v) is 11.4. The summed E-state index contributed by atoms with van der Waals surface area (Å²) in [5, 5.41) is 7.71. The minimum atomic E-state index is -4.37. The largest absolute Gasteiger partial charge is 0.489 e. The average Bonchev–Trinajstić information content (AvgIpc) is 2.86. The Balaban J connectivity index is 1.73. The lowest BCUT2D eigenvalue weighted by atomic mass is 10.1. The number of hydrogen-bond acceptors (Lipinski definition) is 3. The Kier molecular flexibility index (Phi) is 3.52. The number of rotatable bonds is 3. The number of fused-ring (bicyclic) bond motifs is 1. The van der Waals surface area contributed by atoms with E-state index in [1.165, 1.54) is 6.07 Å². The molecule has 1 aliphatic heterocycles. The molecule has 2 aromatic rings. The summed E-state index contributed by atoms with van der Waals surface area (Å²) in [6.45, 7) is 0.253. The van der Waals surface area contributed by atoms with Crippen LogP contribution < -0.4 is 9.47 Å². The van der Waals surface area contributed by atoms with Crippen molar-refractivity contribution in [1.29, 1.82) is 5.41 Å². The molecule has 0 radical (unpaired) electrons. The Hall–Kier alpha value is -2.50. The fourth-order valence-electron chi connectivity index (χ4n) is 2.19. The van der Waals surface area contributed by atoms with Gasteiger partial charge in [-0.25, -0.2) is 0 Å². The molecule has 0 bridgehead atoms. The molecule has 0 unspecified atom stereocenters. The van der Waals surface area contributed by atoms with E-state index in [1.54, 1.807) is 24.3 Å². The second-order valence-electron chi connectivity index (χ2n) is 4.91. The van der Waals surface area contributed by atoms with Gasteiger partial charge in [-0.05, 0) is 35.9 Å². The standard InChI is InChI=1S/C16H12F3NO2/c17-16(18,19)11-3-1-2-10(6-11)8-21-12-4-5-15-13(7-12)14(20)9-22-15/h1-7,20H,8-9H2. The molecule has 22 heavy (non-hydrogen) atoms. The van der Waals surface area contributed by atoms with Crippen LogP contribution in [0, 0.1) is 5.41 Å². The number of hydrogen-bond donors (Lipinski definition) is 1. The molecule has 1 heterocycles. The fraction of sp³-hybridized carbons (Fsp3) is 0.188. The highest BCUT2D eigenvalue weighted by molar-refractivity contribution is 6.04. The Morgan fingerprint density at radius 2 is 1.95 bits per heavy atom. The summed E-state index contributed by atoms with van der Waals surface area (Å²) < 4.78 is 48.7. The molecular weight excluding hydrogens is 295 g/mol. The summed E-state index contributed by atoms with van der Waals surface area (Å²) in [4.78, 5) is 0. The van der Waals surface area contributed by atoms with Crippen LogP contribution in [0.25, 0.3) is 0 Å². The van der Waals surface area contributed by atoms with E-state index in [2.05, 4.69) is 0 Å². The summed E-state index contributed by atoms with van der Waals surface area (Å²) in [6, 6.07) is 10.1. The van der Waals surface area contributed by atoms with Crippen LogP contribution in [-0.4, -0.2) is 12.3 Å². The average molecular weight is 307 g/mol. The van der Waals surface area contributed by atoms with Crippen molar-refractivity contribution in [3.8, 4) is 11.5 Å². The first-order valence-electron chi connectivity index (χ1n) is 6.57. The highest BCUT2D eigenvalue weighted by Gasteiger charge is 2.30. The summed E-state index contributed by atoms with van der Waals surface area (Å²) in [5.41, 5.74) is 0.750. The third-order valence-corrected chi connectivity index (χ3v) is 3.31. The molecule has 0 atom stereocenters. The first-order valence-corrected chi connectivity index (χ1v) is 6.57. The Bertz CT molecular complexity index is 726. The Morgan fingerprint density at radius 3 is 2.73 bits per heavy atom. The molecule has 0 saturated carbocycles. The number of ether oxygens (including phenoxy) is 2. The van der Waals surface area contributed by atoms with Crippen LogP contribution in [-0.2, 0) is 12.8 Å². The molecule has 0 aliphatic carbocycles. The van der Waals surface area contributed by atoms with Crippen LogP contribution >= 0.6 is 0 Å². The van der Waals surface area contributed by atoms with Gasteiger partial charge in [0.15, 0.2) is 0 Å². The monoisotopic (exact) mass is 307 g/mol. The van der Waals surface area contributed by atoms with Crippen LogP contribution in [0.2, 0.25) is 0 Å². The summed E-state index contributed by atoms with van der Waals surface area (Å²) in [6.07, 6.45) is -4.37. The Labute approximate surface area is 124 Å². The maximum atomic E-state index is 12.6. The highest BCUT2D eigenvalue weighted by Crippen LogP contribution is 2.31. The van der Waals surface area contributed by atoms with E-state index in [4.69, 9.17) is 14.9 Å². The Morgan fingerprint density at radius 1 is 1.14 bits per heavy atom. The lowest BCUT2D eigenvalue weighted by Gasteiger charge is -2.10. The number of halogens is 3. The lowest BCUT2D eigenvalue weighted by molar-refractivity contribution is -0.137. The lowest BCUT2D eigenvalue weighted by Crippen LogP contribution is -2.06. The molecule has 3 nitrogen and oxygen atoms in total. The molecule has 0 amide bonds. The van der Waals surface area contributed by atoms with Crippen LogP contribution in [0.4, 0.5) is 13.2 Å². The molecule has 1 N–H and O–H groups in total.